The Labute approximate surface area is 136 Å². The molecule has 1 heterocycles. The molecular weight excluding hydrogens is 324 g/mol. The van der Waals surface area contributed by atoms with E-state index in [1.54, 1.807) is 13.8 Å². The molecule has 0 bridgehead atoms. The molecule has 3 atom stereocenters. The number of fused-ring (bicyclic) bond motifs is 1. The lowest BCUT2D eigenvalue weighted by Crippen LogP contribution is -2.40. The van der Waals surface area contributed by atoms with E-state index in [0.29, 0.717) is 6.42 Å². The maximum absolute atomic E-state index is 14.3. The number of aliphatic imine (C=N–C) groups is 1. The maximum atomic E-state index is 14.3. The number of rotatable bonds is 3. The van der Waals surface area contributed by atoms with Gasteiger partial charge in [-0.25, -0.2) is 8.78 Å². The number of hydrogen-bond acceptors (Lipinski definition) is 6. The summed E-state index contributed by atoms with van der Waals surface area (Å²) in [6.07, 6.45) is 0.438. The number of carbonyl (C=O) groups is 1. The minimum atomic E-state index is -1.16. The van der Waals surface area contributed by atoms with E-state index in [-0.39, 0.29) is 28.9 Å². The fraction of sp³-hybridized carbons (Fsp3) is 0.467. The summed E-state index contributed by atoms with van der Waals surface area (Å²) in [5.74, 6) is -2.80. The number of benzene rings is 1. The quantitative estimate of drug-likeness (QED) is 0.649. The van der Waals surface area contributed by atoms with Crippen molar-refractivity contribution in [1.82, 2.24) is 0 Å². The molecule has 8 heteroatoms. The van der Waals surface area contributed by atoms with Crippen LogP contribution in [0.25, 0.3) is 0 Å². The number of thioether (sulfide) groups is 1. The Morgan fingerprint density at radius 2 is 2.17 bits per heavy atom. The number of ether oxygens (including phenoxy) is 1. The maximum Gasteiger partial charge on any atom is 0.323 e. The minimum absolute atomic E-state index is 0.00873. The number of amidine groups is 1. The van der Waals surface area contributed by atoms with Crippen LogP contribution in [0.4, 0.5) is 14.5 Å². The van der Waals surface area contributed by atoms with Gasteiger partial charge in [0.15, 0.2) is 16.8 Å². The molecule has 0 aromatic heterocycles. The average molecular weight is 341 g/mol. The van der Waals surface area contributed by atoms with Crippen LogP contribution in [0.3, 0.4) is 0 Å². The van der Waals surface area contributed by atoms with E-state index in [9.17, 15) is 13.6 Å². The Kier molecular flexibility index (Phi) is 3.55. The van der Waals surface area contributed by atoms with Crippen LogP contribution in [0, 0.1) is 17.6 Å². The molecule has 23 heavy (non-hydrogen) atoms. The largest absolute Gasteiger partial charge is 0.465 e. The van der Waals surface area contributed by atoms with Crippen LogP contribution in [-0.4, -0.2) is 22.5 Å². The molecule has 0 saturated heterocycles. The zero-order valence-electron chi connectivity index (χ0n) is 12.7. The lowest BCUT2D eigenvalue weighted by Gasteiger charge is -2.33. The molecule has 0 spiro atoms. The average Bonchev–Trinajstić information content (AvgIpc) is 3.19. The van der Waals surface area contributed by atoms with Gasteiger partial charge in [0.25, 0.3) is 0 Å². The van der Waals surface area contributed by atoms with Gasteiger partial charge in [-0.1, -0.05) is 11.8 Å². The predicted molar refractivity (Wildman–Crippen MR) is 84.8 cm³/mol. The van der Waals surface area contributed by atoms with E-state index in [2.05, 4.69) is 4.99 Å². The Morgan fingerprint density at radius 3 is 2.83 bits per heavy atom. The van der Waals surface area contributed by atoms with Crippen LogP contribution in [0.1, 0.15) is 25.8 Å². The Bertz CT molecular complexity index is 727. The van der Waals surface area contributed by atoms with Crippen molar-refractivity contribution in [2.24, 2.45) is 16.6 Å². The van der Waals surface area contributed by atoms with Gasteiger partial charge in [-0.05, 0) is 32.4 Å². The molecule has 3 rings (SSSR count). The van der Waals surface area contributed by atoms with Crippen molar-refractivity contribution < 1.29 is 18.3 Å². The third kappa shape index (κ3) is 2.27. The third-order valence-corrected chi connectivity index (χ3v) is 5.72. The van der Waals surface area contributed by atoms with E-state index in [1.807, 2.05) is 0 Å². The van der Waals surface area contributed by atoms with Crippen molar-refractivity contribution >= 4 is 28.6 Å². The second-order valence-corrected chi connectivity index (χ2v) is 7.28. The fourth-order valence-corrected chi connectivity index (χ4v) is 4.65. The Morgan fingerprint density at radius 1 is 1.48 bits per heavy atom. The van der Waals surface area contributed by atoms with E-state index < -0.39 is 27.9 Å². The minimum Gasteiger partial charge on any atom is -0.465 e. The lowest BCUT2D eigenvalue weighted by molar-refractivity contribution is -0.143. The van der Waals surface area contributed by atoms with Crippen LogP contribution in [-0.2, 0) is 15.1 Å². The summed E-state index contributed by atoms with van der Waals surface area (Å²) < 4.78 is 32.3. The second-order valence-electron chi connectivity index (χ2n) is 5.93. The van der Waals surface area contributed by atoms with Crippen molar-refractivity contribution in [3.63, 3.8) is 0 Å². The SMILES string of the molecule is CCOC(=O)[C@]12C[C@H]1[C@@](C)(c1cc(N)cc(F)c1F)N=C(N)S2. The molecule has 1 fully saturated rings. The first kappa shape index (κ1) is 16.0. The summed E-state index contributed by atoms with van der Waals surface area (Å²) >= 11 is 1.13. The summed E-state index contributed by atoms with van der Waals surface area (Å²) in [7, 11) is 0. The molecule has 4 N–H and O–H groups in total. The topological polar surface area (TPSA) is 90.7 Å². The highest BCUT2D eigenvalue weighted by molar-refractivity contribution is 8.15. The summed E-state index contributed by atoms with van der Waals surface area (Å²) in [5, 5.41) is 0.150. The molecule has 1 aliphatic heterocycles. The molecule has 0 radical (unpaired) electrons. The molecule has 1 saturated carbocycles. The van der Waals surface area contributed by atoms with Crippen molar-refractivity contribution in [2.75, 3.05) is 12.3 Å². The van der Waals surface area contributed by atoms with Crippen LogP contribution in [0.15, 0.2) is 17.1 Å². The highest BCUT2D eigenvalue weighted by Gasteiger charge is 2.71. The van der Waals surface area contributed by atoms with Gasteiger partial charge in [0.1, 0.15) is 4.75 Å². The highest BCUT2D eigenvalue weighted by Crippen LogP contribution is 2.66. The van der Waals surface area contributed by atoms with Crippen LogP contribution in [0.2, 0.25) is 0 Å². The van der Waals surface area contributed by atoms with Crippen molar-refractivity contribution in [1.29, 1.82) is 0 Å². The van der Waals surface area contributed by atoms with Crippen molar-refractivity contribution in [2.45, 2.75) is 30.6 Å². The molecule has 1 aromatic carbocycles. The van der Waals surface area contributed by atoms with Crippen LogP contribution in [0.5, 0.6) is 0 Å². The molecule has 0 unspecified atom stereocenters. The summed E-state index contributed by atoms with van der Waals surface area (Å²) in [5.41, 5.74) is 10.4. The number of nitrogen functional groups attached to an aromatic ring is 1. The predicted octanol–water partition coefficient (Wildman–Crippen LogP) is 2.15. The van der Waals surface area contributed by atoms with Gasteiger partial charge in [0.2, 0.25) is 0 Å². The number of halogens is 2. The van der Waals surface area contributed by atoms with Gasteiger partial charge in [0, 0.05) is 17.2 Å². The number of carbonyl (C=O) groups excluding carboxylic acids is 1. The smallest absolute Gasteiger partial charge is 0.323 e. The van der Waals surface area contributed by atoms with Crippen LogP contribution >= 0.6 is 11.8 Å². The highest BCUT2D eigenvalue weighted by atomic mass is 32.2. The zero-order chi connectivity index (χ0) is 17.0. The monoisotopic (exact) mass is 341 g/mol. The first-order valence-corrected chi connectivity index (χ1v) is 8.03. The summed E-state index contributed by atoms with van der Waals surface area (Å²) in [4.78, 5) is 16.6. The van der Waals surface area contributed by atoms with Gasteiger partial charge < -0.3 is 16.2 Å². The van der Waals surface area contributed by atoms with Gasteiger partial charge in [0.05, 0.1) is 12.1 Å². The summed E-state index contributed by atoms with van der Waals surface area (Å²) in [6, 6.07) is 2.26. The van der Waals surface area contributed by atoms with Gasteiger partial charge >= 0.3 is 5.97 Å². The molecule has 0 amide bonds. The van der Waals surface area contributed by atoms with Gasteiger partial charge in [-0.15, -0.1) is 0 Å². The van der Waals surface area contributed by atoms with E-state index in [0.717, 1.165) is 17.8 Å². The fourth-order valence-electron chi connectivity index (χ4n) is 3.27. The standard InChI is InChI=1S/C15H17F2N3O2S/c1-3-22-12(21)15-6-10(15)14(2,20-13(19)23-15)8-4-7(18)5-9(16)11(8)17/h4-5,10H,3,6,18H2,1-2H3,(H2,19,20)/t10-,14+,15-/m0/s1. The van der Waals surface area contributed by atoms with E-state index in [1.165, 1.54) is 6.07 Å². The second kappa shape index (κ2) is 5.09. The van der Waals surface area contributed by atoms with E-state index >= 15 is 0 Å². The van der Waals surface area contributed by atoms with Crippen molar-refractivity contribution in [3.8, 4) is 0 Å². The molecule has 2 aliphatic rings. The molecule has 124 valence electrons. The number of nitrogens with two attached hydrogens (primary N) is 2. The summed E-state index contributed by atoms with van der Waals surface area (Å²) in [6.45, 7) is 3.59. The van der Waals surface area contributed by atoms with Crippen LogP contribution < -0.4 is 11.5 Å². The zero-order valence-corrected chi connectivity index (χ0v) is 13.5. The first-order valence-electron chi connectivity index (χ1n) is 7.21. The number of hydrogen-bond donors (Lipinski definition) is 2. The van der Waals surface area contributed by atoms with Gasteiger partial charge in [-0.3, -0.25) is 9.79 Å². The van der Waals surface area contributed by atoms with Gasteiger partial charge in [-0.2, -0.15) is 0 Å². The molecule has 1 aromatic rings. The lowest BCUT2D eigenvalue weighted by atomic mass is 9.85. The normalized spacial score (nSPS) is 32.0. The molecule has 5 nitrogen and oxygen atoms in total. The number of anilines is 1. The van der Waals surface area contributed by atoms with E-state index in [4.69, 9.17) is 16.2 Å². The molecular formula is C15H17F2N3O2S. The first-order chi connectivity index (χ1) is 10.7. The molecule has 1 aliphatic carbocycles. The number of nitrogens with zero attached hydrogens (tertiary/aromatic N) is 1. The third-order valence-electron chi connectivity index (χ3n) is 4.43. The Balaban J connectivity index is 2.09. The Hall–Kier alpha value is -1.83. The van der Waals surface area contributed by atoms with Crippen molar-refractivity contribution in [3.05, 3.63) is 29.3 Å². The number of esters is 1.